The Morgan fingerprint density at radius 3 is 2.57 bits per heavy atom. The molecule has 28 heavy (non-hydrogen) atoms. The predicted molar refractivity (Wildman–Crippen MR) is 111 cm³/mol. The van der Waals surface area contributed by atoms with Gasteiger partial charge in [-0.2, -0.15) is 0 Å². The molecular weight excluding hydrogens is 399 g/mol. The molecule has 154 valence electrons. The van der Waals surface area contributed by atoms with Gasteiger partial charge in [0.05, 0.1) is 21.7 Å². The van der Waals surface area contributed by atoms with Gasteiger partial charge in [-0.1, -0.05) is 36.2 Å². The molecule has 0 spiro atoms. The third-order valence-electron chi connectivity index (χ3n) is 5.35. The van der Waals surface area contributed by atoms with Crippen molar-refractivity contribution < 1.29 is 14.3 Å². The minimum atomic E-state index is -0.541. The minimum absolute atomic E-state index is 0.0625. The van der Waals surface area contributed by atoms with Crippen molar-refractivity contribution in [2.24, 2.45) is 5.41 Å². The van der Waals surface area contributed by atoms with Crippen LogP contribution in [0.15, 0.2) is 18.2 Å². The summed E-state index contributed by atoms with van der Waals surface area (Å²) < 4.78 is 5.49. The van der Waals surface area contributed by atoms with Crippen molar-refractivity contribution in [3.63, 3.8) is 0 Å². The molecule has 7 heteroatoms. The Morgan fingerprint density at radius 1 is 1.29 bits per heavy atom. The molecule has 5 nitrogen and oxygen atoms in total. The van der Waals surface area contributed by atoms with Gasteiger partial charge in [0, 0.05) is 19.6 Å². The first-order valence-corrected chi connectivity index (χ1v) is 10.5. The summed E-state index contributed by atoms with van der Waals surface area (Å²) in [7, 11) is 0. The second-order valence-corrected chi connectivity index (χ2v) is 10.00. The van der Waals surface area contributed by atoms with Gasteiger partial charge in [-0.15, -0.1) is 0 Å². The Balaban J connectivity index is 1.78. The molecule has 0 N–H and O–H groups in total. The second-order valence-electron chi connectivity index (χ2n) is 9.21. The lowest BCUT2D eigenvalue weighted by Crippen LogP contribution is -2.45. The number of hydrogen-bond acceptors (Lipinski definition) is 3. The number of carbonyl (C=O) groups is 2. The molecule has 3 rings (SSSR count). The standard InChI is InChI=1S/C21H28Cl2N2O3/c1-20(2,3)28-19(27)24-11-8-14(12-24)25(13-21(4)9-10-21)18(26)15-6-5-7-16(22)17(15)23/h5-7,14H,8-13H2,1-4H3/t14-/m0/s1. The van der Waals surface area contributed by atoms with Gasteiger partial charge in [-0.05, 0) is 57.6 Å². The zero-order valence-electron chi connectivity index (χ0n) is 16.9. The number of hydrogen-bond donors (Lipinski definition) is 0. The summed E-state index contributed by atoms with van der Waals surface area (Å²) in [5.41, 5.74) is 0.00898. The van der Waals surface area contributed by atoms with Crippen LogP contribution in [0.4, 0.5) is 4.79 Å². The summed E-state index contributed by atoms with van der Waals surface area (Å²) in [6, 6.07) is 5.06. The van der Waals surface area contributed by atoms with Crippen molar-refractivity contribution in [1.29, 1.82) is 0 Å². The fourth-order valence-electron chi connectivity index (χ4n) is 3.46. The van der Waals surface area contributed by atoms with Crippen molar-refractivity contribution in [1.82, 2.24) is 9.80 Å². The number of benzene rings is 1. The average Bonchev–Trinajstić information content (AvgIpc) is 3.13. The third-order valence-corrected chi connectivity index (χ3v) is 6.17. The molecule has 0 aromatic heterocycles. The number of nitrogens with zero attached hydrogens (tertiary/aromatic N) is 2. The molecule has 1 aliphatic carbocycles. The zero-order valence-corrected chi connectivity index (χ0v) is 18.4. The summed E-state index contributed by atoms with van der Waals surface area (Å²) in [6.45, 7) is 9.43. The van der Waals surface area contributed by atoms with Crippen molar-refractivity contribution in [2.75, 3.05) is 19.6 Å². The van der Waals surface area contributed by atoms with Gasteiger partial charge in [-0.25, -0.2) is 4.79 Å². The highest BCUT2D eigenvalue weighted by atomic mass is 35.5. The fourth-order valence-corrected chi connectivity index (χ4v) is 3.84. The summed E-state index contributed by atoms with van der Waals surface area (Å²) in [4.78, 5) is 29.4. The molecule has 1 atom stereocenters. The van der Waals surface area contributed by atoms with E-state index in [4.69, 9.17) is 27.9 Å². The summed E-state index contributed by atoms with van der Waals surface area (Å²) in [6.07, 6.45) is 2.59. The number of rotatable bonds is 4. The summed E-state index contributed by atoms with van der Waals surface area (Å²) in [5, 5.41) is 0.647. The predicted octanol–water partition coefficient (Wildman–Crippen LogP) is 5.25. The van der Waals surface area contributed by atoms with Crippen molar-refractivity contribution >= 4 is 35.2 Å². The molecule has 1 saturated carbocycles. The molecule has 1 aliphatic heterocycles. The molecule has 1 aromatic carbocycles. The smallest absolute Gasteiger partial charge is 0.410 e. The SMILES string of the molecule is CC1(CN(C(=O)c2cccc(Cl)c2Cl)[C@H]2CCN(C(=O)OC(C)(C)C)C2)CC1. The highest BCUT2D eigenvalue weighted by Gasteiger charge is 2.44. The summed E-state index contributed by atoms with van der Waals surface area (Å²) in [5.74, 6) is -0.128. The first-order valence-electron chi connectivity index (χ1n) is 9.72. The topological polar surface area (TPSA) is 49.9 Å². The molecule has 1 heterocycles. The fraction of sp³-hybridized carbons (Fsp3) is 0.619. The van der Waals surface area contributed by atoms with E-state index in [1.165, 1.54) is 0 Å². The highest BCUT2D eigenvalue weighted by Crippen LogP contribution is 2.46. The molecule has 0 unspecified atom stereocenters. The van der Waals surface area contributed by atoms with Gasteiger partial charge in [0.1, 0.15) is 5.60 Å². The van der Waals surface area contributed by atoms with E-state index in [1.807, 2.05) is 25.7 Å². The Hall–Kier alpha value is -1.46. The first-order chi connectivity index (χ1) is 13.0. The maximum absolute atomic E-state index is 13.4. The van der Waals surface area contributed by atoms with E-state index >= 15 is 0 Å². The zero-order chi connectivity index (χ0) is 20.7. The molecular formula is C21H28Cl2N2O3. The molecule has 0 radical (unpaired) electrons. The number of amides is 2. The number of carbonyl (C=O) groups excluding carboxylic acids is 2. The van der Waals surface area contributed by atoms with E-state index < -0.39 is 5.60 Å². The van der Waals surface area contributed by atoms with Gasteiger partial charge >= 0.3 is 6.09 Å². The van der Waals surface area contributed by atoms with Gasteiger partial charge in [0.2, 0.25) is 0 Å². The van der Waals surface area contributed by atoms with Crippen LogP contribution >= 0.6 is 23.2 Å². The first kappa shape index (κ1) is 21.3. The highest BCUT2D eigenvalue weighted by molar-refractivity contribution is 6.43. The van der Waals surface area contributed by atoms with E-state index in [-0.39, 0.29) is 28.5 Å². The van der Waals surface area contributed by atoms with Crippen LogP contribution in [0.5, 0.6) is 0 Å². The molecule has 1 aromatic rings. The van der Waals surface area contributed by atoms with Gasteiger partial charge in [0.15, 0.2) is 0 Å². The lowest BCUT2D eigenvalue weighted by atomic mass is 10.1. The Kier molecular flexibility index (Phi) is 5.88. The van der Waals surface area contributed by atoms with Crippen LogP contribution in [0.25, 0.3) is 0 Å². The molecule has 2 amide bonds. The average molecular weight is 427 g/mol. The molecule has 2 aliphatic rings. The Morgan fingerprint density at radius 2 is 1.96 bits per heavy atom. The van der Waals surface area contributed by atoms with Crippen LogP contribution < -0.4 is 0 Å². The maximum Gasteiger partial charge on any atom is 0.410 e. The van der Waals surface area contributed by atoms with Crippen LogP contribution in [0.3, 0.4) is 0 Å². The number of ether oxygens (including phenoxy) is 1. The number of halogens is 2. The van der Waals surface area contributed by atoms with Gasteiger partial charge < -0.3 is 14.5 Å². The Bertz CT molecular complexity index is 771. The molecule has 0 bridgehead atoms. The Labute approximate surface area is 176 Å². The quantitative estimate of drug-likeness (QED) is 0.660. The van der Waals surface area contributed by atoms with Crippen LogP contribution in [0.2, 0.25) is 10.0 Å². The van der Waals surface area contributed by atoms with Crippen molar-refractivity contribution in [3.05, 3.63) is 33.8 Å². The minimum Gasteiger partial charge on any atom is -0.444 e. The van der Waals surface area contributed by atoms with Gasteiger partial charge in [-0.3, -0.25) is 4.79 Å². The molecule has 2 fully saturated rings. The van der Waals surface area contributed by atoms with E-state index in [1.54, 1.807) is 23.1 Å². The van der Waals surface area contributed by atoms with Crippen LogP contribution in [0, 0.1) is 5.41 Å². The van der Waals surface area contributed by atoms with E-state index in [0.717, 1.165) is 19.3 Å². The van der Waals surface area contributed by atoms with E-state index in [2.05, 4.69) is 6.92 Å². The molecule has 1 saturated heterocycles. The second kappa shape index (κ2) is 7.75. The van der Waals surface area contributed by atoms with Crippen LogP contribution in [-0.4, -0.2) is 53.1 Å². The maximum atomic E-state index is 13.4. The van der Waals surface area contributed by atoms with Crippen molar-refractivity contribution in [3.8, 4) is 0 Å². The third kappa shape index (κ3) is 4.93. The normalized spacial score (nSPS) is 20.8. The van der Waals surface area contributed by atoms with Gasteiger partial charge in [0.25, 0.3) is 5.91 Å². The van der Waals surface area contributed by atoms with Crippen LogP contribution in [0.1, 0.15) is 57.3 Å². The number of likely N-dealkylation sites (tertiary alicyclic amines) is 1. The van der Waals surface area contributed by atoms with E-state index in [9.17, 15) is 9.59 Å². The monoisotopic (exact) mass is 426 g/mol. The lowest BCUT2D eigenvalue weighted by Gasteiger charge is -2.32. The lowest BCUT2D eigenvalue weighted by molar-refractivity contribution is 0.0272. The van der Waals surface area contributed by atoms with E-state index in [0.29, 0.717) is 30.2 Å². The van der Waals surface area contributed by atoms with Crippen LogP contribution in [-0.2, 0) is 4.74 Å². The van der Waals surface area contributed by atoms with Crippen molar-refractivity contribution in [2.45, 2.75) is 58.6 Å². The largest absolute Gasteiger partial charge is 0.444 e. The summed E-state index contributed by atoms with van der Waals surface area (Å²) >= 11 is 12.4.